The number of hydrogen-bond donors (Lipinski definition) is 1. The van der Waals surface area contributed by atoms with Crippen LogP contribution in [0.5, 0.6) is 11.5 Å². The van der Waals surface area contributed by atoms with Crippen LogP contribution in [-0.4, -0.2) is 7.05 Å². The zero-order valence-corrected chi connectivity index (χ0v) is 12.3. The van der Waals surface area contributed by atoms with Gasteiger partial charge in [-0.15, -0.1) is 0 Å². The minimum absolute atomic E-state index is 0.438. The number of ether oxygens (including phenoxy) is 1. The van der Waals surface area contributed by atoms with Gasteiger partial charge in [0.25, 0.3) is 0 Å². The summed E-state index contributed by atoms with van der Waals surface area (Å²) in [4.78, 5) is 0. The van der Waals surface area contributed by atoms with Crippen molar-refractivity contribution in [2.45, 2.75) is 6.54 Å². The summed E-state index contributed by atoms with van der Waals surface area (Å²) in [6.45, 7) is 0.603. The highest BCUT2D eigenvalue weighted by molar-refractivity contribution is 6.42. The molecule has 0 atom stereocenters. The van der Waals surface area contributed by atoms with Gasteiger partial charge in [-0.2, -0.15) is 5.26 Å². The number of nitriles is 1. The van der Waals surface area contributed by atoms with Gasteiger partial charge in [-0.3, -0.25) is 0 Å². The van der Waals surface area contributed by atoms with Crippen LogP contribution < -0.4 is 10.1 Å². The Morgan fingerprint density at radius 3 is 2.60 bits per heavy atom. The van der Waals surface area contributed by atoms with Crippen molar-refractivity contribution in [3.63, 3.8) is 0 Å². The molecule has 102 valence electrons. The van der Waals surface area contributed by atoms with Gasteiger partial charge in [0.15, 0.2) is 0 Å². The van der Waals surface area contributed by atoms with Crippen molar-refractivity contribution in [2.24, 2.45) is 0 Å². The number of benzene rings is 2. The first kappa shape index (κ1) is 14.7. The first-order chi connectivity index (χ1) is 9.63. The molecule has 2 aromatic carbocycles. The van der Waals surface area contributed by atoms with E-state index in [1.807, 2.05) is 7.05 Å². The summed E-state index contributed by atoms with van der Waals surface area (Å²) in [7, 11) is 1.84. The first-order valence-electron chi connectivity index (χ1n) is 5.94. The number of hydrogen-bond acceptors (Lipinski definition) is 3. The molecule has 0 aliphatic rings. The lowest BCUT2D eigenvalue weighted by Crippen LogP contribution is -2.06. The fourth-order valence-electron chi connectivity index (χ4n) is 1.74. The van der Waals surface area contributed by atoms with Crippen LogP contribution in [0.3, 0.4) is 0 Å². The molecular formula is C15H12Cl2N2O. The Kier molecular flexibility index (Phi) is 4.86. The highest BCUT2D eigenvalue weighted by atomic mass is 35.5. The minimum Gasteiger partial charge on any atom is -0.457 e. The zero-order valence-electron chi connectivity index (χ0n) is 10.8. The third-order valence-electron chi connectivity index (χ3n) is 2.68. The van der Waals surface area contributed by atoms with Crippen LogP contribution in [0.1, 0.15) is 11.1 Å². The van der Waals surface area contributed by atoms with Crippen LogP contribution in [0.25, 0.3) is 0 Å². The van der Waals surface area contributed by atoms with Gasteiger partial charge >= 0.3 is 0 Å². The Balaban J connectivity index is 2.32. The molecule has 2 rings (SSSR count). The number of nitrogens with zero attached hydrogens (tertiary/aromatic N) is 1. The van der Waals surface area contributed by atoms with Gasteiger partial charge < -0.3 is 10.1 Å². The Hall–Kier alpha value is -1.73. The molecule has 5 heteroatoms. The van der Waals surface area contributed by atoms with E-state index in [0.717, 1.165) is 5.56 Å². The van der Waals surface area contributed by atoms with Crippen molar-refractivity contribution in [3.05, 3.63) is 57.6 Å². The molecular weight excluding hydrogens is 295 g/mol. The maximum Gasteiger partial charge on any atom is 0.132 e. The standard InChI is InChI=1S/C15H12Cl2N2O/c1-19-9-11-6-10(8-18)2-5-15(11)20-12-3-4-13(16)14(17)7-12/h2-7,19H,9H2,1H3. The molecule has 0 heterocycles. The molecule has 0 aromatic heterocycles. The van der Waals surface area contributed by atoms with E-state index >= 15 is 0 Å². The molecule has 0 aliphatic heterocycles. The fourth-order valence-corrected chi connectivity index (χ4v) is 2.03. The highest BCUT2D eigenvalue weighted by Gasteiger charge is 2.07. The summed E-state index contributed by atoms with van der Waals surface area (Å²) in [5.41, 5.74) is 1.49. The summed E-state index contributed by atoms with van der Waals surface area (Å²) < 4.78 is 5.80. The lowest BCUT2D eigenvalue weighted by Gasteiger charge is -2.12. The van der Waals surface area contributed by atoms with E-state index < -0.39 is 0 Å². The van der Waals surface area contributed by atoms with E-state index in [1.165, 1.54) is 0 Å². The molecule has 1 N–H and O–H groups in total. The van der Waals surface area contributed by atoms with Crippen molar-refractivity contribution in [1.82, 2.24) is 5.32 Å². The summed E-state index contributed by atoms with van der Waals surface area (Å²) in [5.74, 6) is 1.28. The van der Waals surface area contributed by atoms with Crippen molar-refractivity contribution in [2.75, 3.05) is 7.05 Å². The van der Waals surface area contributed by atoms with Crippen LogP contribution in [0.4, 0.5) is 0 Å². The second-order valence-corrected chi connectivity index (χ2v) is 4.96. The summed E-state index contributed by atoms with van der Waals surface area (Å²) >= 11 is 11.8. The lowest BCUT2D eigenvalue weighted by molar-refractivity contribution is 0.474. The molecule has 0 bridgehead atoms. The third-order valence-corrected chi connectivity index (χ3v) is 3.41. The fraction of sp³-hybridized carbons (Fsp3) is 0.133. The maximum absolute atomic E-state index is 8.93. The van der Waals surface area contributed by atoms with Gasteiger partial charge in [0.1, 0.15) is 11.5 Å². The average molecular weight is 307 g/mol. The molecule has 0 unspecified atom stereocenters. The van der Waals surface area contributed by atoms with Crippen LogP contribution in [0, 0.1) is 11.3 Å². The molecule has 2 aromatic rings. The molecule has 0 fully saturated rings. The van der Waals surface area contributed by atoms with Crippen molar-refractivity contribution in [3.8, 4) is 17.6 Å². The second-order valence-electron chi connectivity index (χ2n) is 4.14. The molecule has 0 spiro atoms. The third kappa shape index (κ3) is 3.43. The Morgan fingerprint density at radius 1 is 1.15 bits per heavy atom. The number of rotatable bonds is 4. The predicted octanol–water partition coefficient (Wildman–Crippen LogP) is 4.38. The van der Waals surface area contributed by atoms with Crippen LogP contribution >= 0.6 is 23.2 Å². The topological polar surface area (TPSA) is 45.0 Å². The van der Waals surface area contributed by atoms with Gasteiger partial charge in [0.2, 0.25) is 0 Å². The summed E-state index contributed by atoms with van der Waals surface area (Å²) in [5, 5.41) is 12.9. The minimum atomic E-state index is 0.438. The van der Waals surface area contributed by atoms with E-state index in [1.54, 1.807) is 36.4 Å². The van der Waals surface area contributed by atoms with Gasteiger partial charge in [-0.25, -0.2) is 0 Å². The summed E-state index contributed by atoms with van der Waals surface area (Å²) in [6.07, 6.45) is 0. The number of halogens is 2. The van der Waals surface area contributed by atoms with Crippen LogP contribution in [0.15, 0.2) is 36.4 Å². The molecule has 20 heavy (non-hydrogen) atoms. The van der Waals surface area contributed by atoms with E-state index in [9.17, 15) is 0 Å². The first-order valence-corrected chi connectivity index (χ1v) is 6.70. The van der Waals surface area contributed by atoms with Crippen molar-refractivity contribution >= 4 is 23.2 Å². The Morgan fingerprint density at radius 2 is 1.95 bits per heavy atom. The molecule has 0 saturated carbocycles. The molecule has 0 radical (unpaired) electrons. The lowest BCUT2D eigenvalue weighted by atomic mass is 10.1. The van der Waals surface area contributed by atoms with E-state index in [-0.39, 0.29) is 0 Å². The summed E-state index contributed by atoms with van der Waals surface area (Å²) in [6, 6.07) is 12.5. The van der Waals surface area contributed by atoms with Gasteiger partial charge in [0.05, 0.1) is 21.7 Å². The van der Waals surface area contributed by atoms with E-state index in [2.05, 4.69) is 11.4 Å². The van der Waals surface area contributed by atoms with E-state index in [4.69, 9.17) is 33.2 Å². The predicted molar refractivity (Wildman–Crippen MR) is 80.5 cm³/mol. The normalized spacial score (nSPS) is 10.1. The van der Waals surface area contributed by atoms with E-state index in [0.29, 0.717) is 33.7 Å². The quantitative estimate of drug-likeness (QED) is 0.912. The van der Waals surface area contributed by atoms with Crippen LogP contribution in [-0.2, 0) is 6.54 Å². The van der Waals surface area contributed by atoms with Crippen LogP contribution in [0.2, 0.25) is 10.0 Å². The maximum atomic E-state index is 8.93. The van der Waals surface area contributed by atoms with Gasteiger partial charge in [-0.1, -0.05) is 23.2 Å². The Labute approximate surface area is 127 Å². The zero-order chi connectivity index (χ0) is 14.5. The molecule has 0 amide bonds. The Bertz CT molecular complexity index is 665. The molecule has 0 saturated heterocycles. The van der Waals surface area contributed by atoms with Gasteiger partial charge in [-0.05, 0) is 37.4 Å². The number of nitrogens with one attached hydrogen (secondary N) is 1. The average Bonchev–Trinajstić information content (AvgIpc) is 2.45. The largest absolute Gasteiger partial charge is 0.457 e. The van der Waals surface area contributed by atoms with Gasteiger partial charge in [0, 0.05) is 18.2 Å². The second kappa shape index (κ2) is 6.62. The van der Waals surface area contributed by atoms with Crippen molar-refractivity contribution in [1.29, 1.82) is 5.26 Å². The highest BCUT2D eigenvalue weighted by Crippen LogP contribution is 2.31. The SMILES string of the molecule is CNCc1cc(C#N)ccc1Oc1ccc(Cl)c(Cl)c1. The molecule has 3 nitrogen and oxygen atoms in total. The molecule has 0 aliphatic carbocycles. The smallest absolute Gasteiger partial charge is 0.132 e. The monoisotopic (exact) mass is 306 g/mol. The van der Waals surface area contributed by atoms with Crippen molar-refractivity contribution < 1.29 is 4.74 Å².